The number of aromatic amines is 1. The summed E-state index contributed by atoms with van der Waals surface area (Å²) < 4.78 is 1.87. The fourth-order valence-corrected chi connectivity index (χ4v) is 1.63. The molecule has 2 rings (SSSR count). The Morgan fingerprint density at radius 1 is 1.53 bits per heavy atom. The average molecular weight is 233 g/mol. The minimum Gasteiger partial charge on any atom is -0.344 e. The lowest BCUT2D eigenvalue weighted by atomic mass is 10.3. The van der Waals surface area contributed by atoms with E-state index in [0.29, 0.717) is 18.1 Å². The molecule has 0 unspecified atom stereocenters. The van der Waals surface area contributed by atoms with Crippen molar-refractivity contribution in [1.82, 2.24) is 24.6 Å². The number of hydrogen-bond acceptors (Lipinski definition) is 3. The summed E-state index contributed by atoms with van der Waals surface area (Å²) in [6, 6.07) is 3.75. The van der Waals surface area contributed by atoms with Gasteiger partial charge in [0.05, 0.1) is 6.54 Å². The van der Waals surface area contributed by atoms with Gasteiger partial charge in [-0.1, -0.05) is 0 Å². The molecule has 0 radical (unpaired) electrons. The highest BCUT2D eigenvalue weighted by molar-refractivity contribution is 5.92. The van der Waals surface area contributed by atoms with Crippen molar-refractivity contribution in [1.29, 1.82) is 0 Å². The molecule has 2 aromatic heterocycles. The zero-order chi connectivity index (χ0) is 12.4. The highest BCUT2D eigenvalue weighted by Crippen LogP contribution is 2.09. The molecule has 17 heavy (non-hydrogen) atoms. The summed E-state index contributed by atoms with van der Waals surface area (Å²) >= 11 is 0. The third-order valence-electron chi connectivity index (χ3n) is 2.79. The first-order valence-electron chi connectivity index (χ1n) is 5.31. The van der Waals surface area contributed by atoms with Crippen LogP contribution in [0.4, 0.5) is 0 Å². The van der Waals surface area contributed by atoms with Crippen LogP contribution >= 0.6 is 0 Å². The molecular formula is C11H15N5O. The number of hydrogen-bond donors (Lipinski definition) is 1. The highest BCUT2D eigenvalue weighted by atomic mass is 16.2. The summed E-state index contributed by atoms with van der Waals surface area (Å²) in [6.45, 7) is 2.39. The van der Waals surface area contributed by atoms with Gasteiger partial charge in [-0.25, -0.2) is 4.98 Å². The lowest BCUT2D eigenvalue weighted by molar-refractivity contribution is 0.0772. The van der Waals surface area contributed by atoms with Gasteiger partial charge in [-0.3, -0.25) is 9.89 Å². The van der Waals surface area contributed by atoms with Crippen LogP contribution in [0.25, 0.3) is 0 Å². The van der Waals surface area contributed by atoms with Gasteiger partial charge in [-0.05, 0) is 19.1 Å². The molecule has 2 aromatic rings. The van der Waals surface area contributed by atoms with Crippen LogP contribution < -0.4 is 0 Å². The third-order valence-corrected chi connectivity index (χ3v) is 2.79. The number of H-pyrrole nitrogens is 1. The van der Waals surface area contributed by atoms with Crippen LogP contribution in [0.15, 0.2) is 18.5 Å². The van der Waals surface area contributed by atoms with Gasteiger partial charge in [0.1, 0.15) is 17.8 Å². The first kappa shape index (κ1) is 11.4. The smallest absolute Gasteiger partial charge is 0.270 e. The Kier molecular flexibility index (Phi) is 2.95. The van der Waals surface area contributed by atoms with Crippen LogP contribution in [0.3, 0.4) is 0 Å². The highest BCUT2D eigenvalue weighted by Gasteiger charge is 2.16. The van der Waals surface area contributed by atoms with Crippen LogP contribution in [0.1, 0.15) is 22.0 Å². The van der Waals surface area contributed by atoms with E-state index in [9.17, 15) is 4.79 Å². The van der Waals surface area contributed by atoms with Crippen molar-refractivity contribution in [3.63, 3.8) is 0 Å². The number of carbonyl (C=O) groups is 1. The zero-order valence-corrected chi connectivity index (χ0v) is 10.1. The maximum atomic E-state index is 12.1. The second-order valence-corrected chi connectivity index (χ2v) is 4.01. The summed E-state index contributed by atoms with van der Waals surface area (Å²) in [5, 5.41) is 6.48. The first-order chi connectivity index (χ1) is 8.09. The molecule has 0 aliphatic carbocycles. The molecule has 0 atom stereocenters. The Bertz CT molecular complexity index is 514. The van der Waals surface area contributed by atoms with Gasteiger partial charge in [0.25, 0.3) is 5.91 Å². The Hall–Kier alpha value is -2.11. The minimum absolute atomic E-state index is 0.0306. The van der Waals surface area contributed by atoms with E-state index in [0.717, 1.165) is 5.69 Å². The zero-order valence-electron chi connectivity index (χ0n) is 10.1. The fourth-order valence-electron chi connectivity index (χ4n) is 1.63. The van der Waals surface area contributed by atoms with Gasteiger partial charge >= 0.3 is 0 Å². The van der Waals surface area contributed by atoms with Crippen LogP contribution in [0.5, 0.6) is 0 Å². The normalized spacial score (nSPS) is 10.5. The van der Waals surface area contributed by atoms with E-state index in [1.807, 2.05) is 30.7 Å². The number of nitrogens with one attached hydrogen (secondary N) is 1. The van der Waals surface area contributed by atoms with E-state index in [1.54, 1.807) is 11.9 Å². The monoisotopic (exact) mass is 233 g/mol. The molecular weight excluding hydrogens is 218 g/mol. The molecule has 0 fully saturated rings. The average Bonchev–Trinajstić information content (AvgIpc) is 2.90. The van der Waals surface area contributed by atoms with Crippen LogP contribution in [-0.4, -0.2) is 37.6 Å². The molecule has 2 heterocycles. The van der Waals surface area contributed by atoms with Crippen molar-refractivity contribution >= 4 is 5.91 Å². The number of rotatable bonds is 3. The Labute approximate surface area is 99.3 Å². The van der Waals surface area contributed by atoms with Crippen molar-refractivity contribution in [3.05, 3.63) is 35.7 Å². The lowest BCUT2D eigenvalue weighted by Gasteiger charge is -2.16. The second kappa shape index (κ2) is 4.40. The van der Waals surface area contributed by atoms with E-state index < -0.39 is 0 Å². The summed E-state index contributed by atoms with van der Waals surface area (Å²) in [7, 11) is 3.62. The molecule has 1 amide bonds. The van der Waals surface area contributed by atoms with Gasteiger partial charge < -0.3 is 9.47 Å². The van der Waals surface area contributed by atoms with E-state index >= 15 is 0 Å². The third kappa shape index (κ3) is 2.20. The Balaban J connectivity index is 2.12. The van der Waals surface area contributed by atoms with Crippen molar-refractivity contribution < 1.29 is 4.79 Å². The molecule has 1 N–H and O–H groups in total. The number of nitrogens with zero attached hydrogens (tertiary/aromatic N) is 4. The van der Waals surface area contributed by atoms with Gasteiger partial charge in [0.15, 0.2) is 0 Å². The van der Waals surface area contributed by atoms with Gasteiger partial charge in [0, 0.05) is 19.8 Å². The summed E-state index contributed by atoms with van der Waals surface area (Å²) in [6.07, 6.45) is 1.43. The van der Waals surface area contributed by atoms with Crippen LogP contribution in [0.2, 0.25) is 0 Å². The molecule has 6 heteroatoms. The molecule has 90 valence electrons. The molecule has 0 aromatic carbocycles. The molecule has 0 aliphatic heterocycles. The maximum absolute atomic E-state index is 12.1. The van der Waals surface area contributed by atoms with Crippen LogP contribution in [-0.2, 0) is 13.6 Å². The van der Waals surface area contributed by atoms with E-state index in [-0.39, 0.29) is 5.91 Å². The number of aromatic nitrogens is 4. The molecule has 0 saturated heterocycles. The minimum atomic E-state index is -0.0306. The van der Waals surface area contributed by atoms with Crippen molar-refractivity contribution in [2.75, 3.05) is 7.05 Å². The van der Waals surface area contributed by atoms with E-state index in [2.05, 4.69) is 15.2 Å². The Morgan fingerprint density at radius 2 is 2.29 bits per heavy atom. The van der Waals surface area contributed by atoms with Gasteiger partial charge in [-0.15, -0.1) is 0 Å². The lowest BCUT2D eigenvalue weighted by Crippen LogP contribution is -2.28. The van der Waals surface area contributed by atoms with Gasteiger partial charge in [-0.2, -0.15) is 5.10 Å². The summed E-state index contributed by atoms with van der Waals surface area (Å²) in [4.78, 5) is 17.7. The number of carbonyl (C=O) groups excluding carboxylic acids is 1. The SMILES string of the molecule is Cc1ccc(C(=O)N(C)Cc2ncn[nH]2)n1C. The van der Waals surface area contributed by atoms with E-state index in [1.165, 1.54) is 6.33 Å². The second-order valence-electron chi connectivity index (χ2n) is 4.01. The summed E-state index contributed by atoms with van der Waals surface area (Å²) in [5.74, 6) is 0.642. The Morgan fingerprint density at radius 3 is 2.82 bits per heavy atom. The molecule has 0 saturated carbocycles. The first-order valence-corrected chi connectivity index (χ1v) is 5.31. The van der Waals surface area contributed by atoms with Crippen LogP contribution in [0, 0.1) is 6.92 Å². The predicted molar refractivity (Wildman–Crippen MR) is 62.3 cm³/mol. The largest absolute Gasteiger partial charge is 0.344 e. The molecule has 0 aliphatic rings. The molecule has 0 spiro atoms. The molecule has 6 nitrogen and oxygen atoms in total. The van der Waals surface area contributed by atoms with E-state index in [4.69, 9.17) is 0 Å². The van der Waals surface area contributed by atoms with Gasteiger partial charge in [0.2, 0.25) is 0 Å². The van der Waals surface area contributed by atoms with Crippen molar-refractivity contribution in [3.8, 4) is 0 Å². The maximum Gasteiger partial charge on any atom is 0.270 e. The topological polar surface area (TPSA) is 66.8 Å². The fraction of sp³-hybridized carbons (Fsp3) is 0.364. The predicted octanol–water partition coefficient (Wildman–Crippen LogP) is 0.724. The van der Waals surface area contributed by atoms with Crippen molar-refractivity contribution in [2.45, 2.75) is 13.5 Å². The number of aryl methyl sites for hydroxylation is 1. The van der Waals surface area contributed by atoms with Crippen molar-refractivity contribution in [2.24, 2.45) is 7.05 Å². The molecule has 0 bridgehead atoms. The quantitative estimate of drug-likeness (QED) is 0.849. The number of amides is 1. The summed E-state index contributed by atoms with van der Waals surface area (Å²) in [5.41, 5.74) is 1.73. The standard InChI is InChI=1S/C11H15N5O/c1-8-4-5-9(16(8)3)11(17)15(2)6-10-12-7-13-14-10/h4-5,7H,6H2,1-3H3,(H,12,13,14).